The molecule has 2 aromatic carbocycles. The fourth-order valence-corrected chi connectivity index (χ4v) is 3.55. The number of rotatable bonds is 9. The van der Waals surface area contributed by atoms with Gasteiger partial charge in [0.05, 0.1) is 6.26 Å². The molecule has 0 unspecified atom stereocenters. The van der Waals surface area contributed by atoms with Gasteiger partial charge in [-0.3, -0.25) is 14.9 Å². The molecule has 0 radical (unpaired) electrons. The molecule has 0 aromatic heterocycles. The molecule has 2 rings (SSSR count). The summed E-state index contributed by atoms with van der Waals surface area (Å²) in [5.41, 5.74) is 5.45. The second-order valence-electron chi connectivity index (χ2n) is 7.51. The van der Waals surface area contributed by atoms with Crippen molar-refractivity contribution in [2.45, 2.75) is 39.5 Å². The van der Waals surface area contributed by atoms with Crippen molar-refractivity contribution in [2.75, 3.05) is 22.8 Å². The van der Waals surface area contributed by atoms with Crippen LogP contribution in [0.5, 0.6) is 0 Å². The van der Waals surface area contributed by atoms with Crippen LogP contribution in [0.3, 0.4) is 0 Å². The van der Waals surface area contributed by atoms with Crippen molar-refractivity contribution in [1.82, 2.24) is 10.4 Å². The first-order valence-electron chi connectivity index (χ1n) is 10.3. The molecule has 0 bridgehead atoms. The van der Waals surface area contributed by atoms with Crippen molar-refractivity contribution in [1.29, 1.82) is 0 Å². The van der Waals surface area contributed by atoms with Crippen LogP contribution in [0, 0.1) is 6.92 Å². The Morgan fingerprint density at radius 2 is 1.72 bits per heavy atom. The van der Waals surface area contributed by atoms with E-state index in [1.54, 1.807) is 36.4 Å². The molecular formula is C22H29ClN4O4S. The average Bonchev–Trinajstić information content (AvgIpc) is 2.72. The molecule has 0 saturated carbocycles. The summed E-state index contributed by atoms with van der Waals surface area (Å²) in [5, 5.41) is 4.58. The molecule has 8 nitrogen and oxygen atoms in total. The van der Waals surface area contributed by atoms with Gasteiger partial charge in [0.15, 0.2) is 0 Å². The Morgan fingerprint density at radius 1 is 1.06 bits per heavy atom. The van der Waals surface area contributed by atoms with Gasteiger partial charge in [-0.15, -0.1) is 0 Å². The third-order valence-electron chi connectivity index (χ3n) is 4.56. The number of carbonyl (C=O) groups is 2. The molecule has 0 fully saturated rings. The number of nitrogens with one attached hydrogen (secondary N) is 3. The van der Waals surface area contributed by atoms with Gasteiger partial charge in [-0.1, -0.05) is 43.1 Å². The normalized spacial score (nSPS) is 11.0. The fraction of sp³-hybridized carbons (Fsp3) is 0.364. The summed E-state index contributed by atoms with van der Waals surface area (Å²) in [7, 11) is -3.34. The Labute approximate surface area is 194 Å². The second-order valence-corrected chi connectivity index (χ2v) is 9.66. The topological polar surface area (TPSA) is 108 Å². The minimum atomic E-state index is -3.34. The van der Waals surface area contributed by atoms with Crippen LogP contribution in [-0.4, -0.2) is 38.2 Å². The van der Waals surface area contributed by atoms with Crippen LogP contribution in [0.15, 0.2) is 42.5 Å². The van der Waals surface area contributed by atoms with E-state index in [2.05, 4.69) is 15.5 Å². The Balaban J connectivity index is 1.93. The van der Waals surface area contributed by atoms with E-state index < -0.39 is 16.1 Å². The van der Waals surface area contributed by atoms with E-state index in [1.807, 2.05) is 19.9 Å². The van der Waals surface area contributed by atoms with Crippen molar-refractivity contribution < 1.29 is 18.0 Å². The second kappa shape index (κ2) is 11.7. The van der Waals surface area contributed by atoms with Crippen LogP contribution >= 0.6 is 11.6 Å². The number of amides is 3. The summed E-state index contributed by atoms with van der Waals surface area (Å²) in [6.45, 7) is 4.25. The molecular weight excluding hydrogens is 452 g/mol. The van der Waals surface area contributed by atoms with Crippen molar-refractivity contribution in [3.05, 3.63) is 58.6 Å². The largest absolute Gasteiger partial charge is 0.340 e. The molecule has 0 aliphatic carbocycles. The molecule has 0 aliphatic heterocycles. The third-order valence-corrected chi connectivity index (χ3v) is 5.57. The van der Waals surface area contributed by atoms with Crippen molar-refractivity contribution >= 4 is 44.9 Å². The number of unbranched alkanes of at least 4 members (excludes halogenated alkanes) is 1. The number of anilines is 2. The van der Waals surface area contributed by atoms with Gasteiger partial charge in [-0.2, -0.15) is 0 Å². The Morgan fingerprint density at radius 3 is 2.31 bits per heavy atom. The summed E-state index contributed by atoms with van der Waals surface area (Å²) in [6, 6.07) is 11.6. The van der Waals surface area contributed by atoms with Gasteiger partial charge in [0, 0.05) is 29.4 Å². The molecule has 10 heteroatoms. The summed E-state index contributed by atoms with van der Waals surface area (Å²) >= 11 is 6.12. The van der Waals surface area contributed by atoms with Gasteiger partial charge in [0.1, 0.15) is 0 Å². The quantitative estimate of drug-likeness (QED) is 0.464. The summed E-state index contributed by atoms with van der Waals surface area (Å²) in [4.78, 5) is 25.1. The van der Waals surface area contributed by atoms with E-state index in [1.165, 1.54) is 5.01 Å². The maximum absolute atomic E-state index is 12.7. The highest BCUT2D eigenvalue weighted by Crippen LogP contribution is 2.20. The van der Waals surface area contributed by atoms with E-state index in [0.29, 0.717) is 29.4 Å². The highest BCUT2D eigenvalue weighted by Gasteiger charge is 2.16. The van der Waals surface area contributed by atoms with Gasteiger partial charge in [0.2, 0.25) is 15.9 Å². The van der Waals surface area contributed by atoms with Gasteiger partial charge >= 0.3 is 6.03 Å². The standard InChI is InChI=1S/C22H29ClN4O4S/c1-4-5-14-27(22(29)24-19-10-6-16(2)20(23)15-19)25-21(28)13-9-17-7-11-18(12-8-17)26-32(3,30)31/h6-8,10-12,15,26H,4-5,9,13-14H2,1-3H3,(H,24,29)(H,25,28). The van der Waals surface area contributed by atoms with Crippen LogP contribution < -0.4 is 15.5 Å². The number of aryl methyl sites for hydroxylation is 2. The predicted molar refractivity (Wildman–Crippen MR) is 128 cm³/mol. The number of hydrogen-bond donors (Lipinski definition) is 3. The highest BCUT2D eigenvalue weighted by molar-refractivity contribution is 7.92. The van der Waals surface area contributed by atoms with E-state index in [9.17, 15) is 18.0 Å². The molecule has 0 saturated heterocycles. The molecule has 3 amide bonds. The Kier molecular flexibility index (Phi) is 9.34. The predicted octanol–water partition coefficient (Wildman–Crippen LogP) is 4.32. The molecule has 174 valence electrons. The minimum absolute atomic E-state index is 0.172. The van der Waals surface area contributed by atoms with Gasteiger partial charge in [0.25, 0.3) is 0 Å². The number of hydrazine groups is 1. The number of benzene rings is 2. The van der Waals surface area contributed by atoms with Crippen LogP contribution in [0.1, 0.15) is 37.3 Å². The van der Waals surface area contributed by atoms with Crippen LogP contribution in [0.25, 0.3) is 0 Å². The van der Waals surface area contributed by atoms with Gasteiger partial charge in [-0.25, -0.2) is 18.2 Å². The third kappa shape index (κ3) is 8.76. The lowest BCUT2D eigenvalue weighted by Gasteiger charge is -2.23. The first kappa shape index (κ1) is 25.5. The molecule has 32 heavy (non-hydrogen) atoms. The van der Waals surface area contributed by atoms with E-state index >= 15 is 0 Å². The molecule has 0 heterocycles. The monoisotopic (exact) mass is 480 g/mol. The average molecular weight is 481 g/mol. The zero-order chi connectivity index (χ0) is 23.7. The van der Waals surface area contributed by atoms with Gasteiger partial charge in [-0.05, 0) is 55.2 Å². The number of nitrogens with zero attached hydrogens (tertiary/aromatic N) is 1. The zero-order valence-corrected chi connectivity index (χ0v) is 20.0. The van der Waals surface area contributed by atoms with Crippen molar-refractivity contribution in [3.8, 4) is 0 Å². The Hall–Kier alpha value is -2.78. The molecule has 3 N–H and O–H groups in total. The number of sulfonamides is 1. The summed E-state index contributed by atoms with van der Waals surface area (Å²) < 4.78 is 24.9. The lowest BCUT2D eigenvalue weighted by atomic mass is 10.1. The fourth-order valence-electron chi connectivity index (χ4n) is 2.80. The maximum atomic E-state index is 12.7. The number of halogens is 1. The van der Waals surface area contributed by atoms with Crippen molar-refractivity contribution in [2.24, 2.45) is 0 Å². The smallest absolute Gasteiger partial charge is 0.306 e. The number of hydrogen-bond acceptors (Lipinski definition) is 4. The molecule has 0 spiro atoms. The maximum Gasteiger partial charge on any atom is 0.340 e. The zero-order valence-electron chi connectivity index (χ0n) is 18.4. The molecule has 0 aliphatic rings. The molecule has 2 aromatic rings. The van der Waals surface area contributed by atoms with Crippen LogP contribution in [0.2, 0.25) is 5.02 Å². The number of urea groups is 1. The number of carbonyl (C=O) groups excluding carboxylic acids is 2. The van der Waals surface area contributed by atoms with E-state index in [4.69, 9.17) is 11.6 Å². The summed E-state index contributed by atoms with van der Waals surface area (Å²) in [6.07, 6.45) is 3.30. The lowest BCUT2D eigenvalue weighted by molar-refractivity contribution is -0.124. The Bertz CT molecular complexity index is 1040. The SMILES string of the molecule is CCCCN(NC(=O)CCc1ccc(NS(C)(=O)=O)cc1)C(=O)Nc1ccc(C)c(Cl)c1. The van der Waals surface area contributed by atoms with Gasteiger partial charge < -0.3 is 5.32 Å². The molecule has 0 atom stereocenters. The van der Waals surface area contributed by atoms with Crippen LogP contribution in [0.4, 0.5) is 16.2 Å². The summed E-state index contributed by atoms with van der Waals surface area (Å²) in [5.74, 6) is -0.295. The lowest BCUT2D eigenvalue weighted by Crippen LogP contribution is -2.48. The van der Waals surface area contributed by atoms with Crippen LogP contribution in [-0.2, 0) is 21.2 Å². The highest BCUT2D eigenvalue weighted by atomic mass is 35.5. The first-order chi connectivity index (χ1) is 15.1. The first-order valence-corrected chi connectivity index (χ1v) is 12.5. The van der Waals surface area contributed by atoms with Crippen molar-refractivity contribution in [3.63, 3.8) is 0 Å². The minimum Gasteiger partial charge on any atom is -0.306 e. The van der Waals surface area contributed by atoms with E-state index in [0.717, 1.165) is 30.2 Å². The van der Waals surface area contributed by atoms with E-state index in [-0.39, 0.29) is 12.3 Å².